The summed E-state index contributed by atoms with van der Waals surface area (Å²) in [7, 11) is 0. The zero-order chi connectivity index (χ0) is 10.6. The zero-order valence-corrected chi connectivity index (χ0v) is 7.34. The molecular formula is C10H9F3O. The van der Waals surface area contributed by atoms with E-state index < -0.39 is 11.7 Å². The number of hydrogen-bond acceptors (Lipinski definition) is 1. The Hall–Kier alpha value is -1.45. The monoisotopic (exact) mass is 202 g/mol. The number of hydrogen-bond donors (Lipinski definition) is 0. The summed E-state index contributed by atoms with van der Waals surface area (Å²) < 4.78 is 41.4. The Labute approximate surface area is 79.8 Å². The summed E-state index contributed by atoms with van der Waals surface area (Å²) >= 11 is 0. The molecule has 1 aromatic carbocycles. The van der Waals surface area contributed by atoms with Crippen LogP contribution in [0.15, 0.2) is 36.9 Å². The highest BCUT2D eigenvalue weighted by Gasteiger charge is 2.29. The van der Waals surface area contributed by atoms with Gasteiger partial charge in [0.2, 0.25) is 0 Å². The molecule has 0 N–H and O–H groups in total. The average Bonchev–Trinajstić information content (AvgIpc) is 2.14. The predicted octanol–water partition coefficient (Wildman–Crippen LogP) is 3.27. The van der Waals surface area contributed by atoms with Gasteiger partial charge in [0.25, 0.3) is 0 Å². The molecule has 0 atom stereocenters. The average molecular weight is 202 g/mol. The SMILES string of the molecule is C=CCOc1ccc(C(F)(F)F)cc1. The molecule has 0 unspecified atom stereocenters. The van der Waals surface area contributed by atoms with Crippen LogP contribution < -0.4 is 4.74 Å². The van der Waals surface area contributed by atoms with Gasteiger partial charge in [-0.15, -0.1) is 0 Å². The first kappa shape index (κ1) is 10.6. The first-order chi connectivity index (χ1) is 6.54. The number of rotatable bonds is 3. The number of alkyl halides is 3. The van der Waals surface area contributed by atoms with Crippen molar-refractivity contribution in [2.45, 2.75) is 6.18 Å². The molecule has 0 saturated carbocycles. The minimum atomic E-state index is -4.29. The lowest BCUT2D eigenvalue weighted by Crippen LogP contribution is -2.04. The maximum atomic E-state index is 12.1. The summed E-state index contributed by atoms with van der Waals surface area (Å²) in [5.74, 6) is 0.401. The smallest absolute Gasteiger partial charge is 0.416 e. The van der Waals surface area contributed by atoms with Crippen LogP contribution in [0.5, 0.6) is 5.75 Å². The summed E-state index contributed by atoms with van der Waals surface area (Å²) in [5.41, 5.74) is -0.677. The largest absolute Gasteiger partial charge is 0.490 e. The number of halogens is 3. The first-order valence-corrected chi connectivity index (χ1v) is 3.95. The first-order valence-electron chi connectivity index (χ1n) is 3.95. The van der Waals surface area contributed by atoms with Crippen molar-refractivity contribution < 1.29 is 17.9 Å². The molecule has 0 saturated heterocycles. The molecule has 0 bridgehead atoms. The third-order valence-electron chi connectivity index (χ3n) is 1.55. The van der Waals surface area contributed by atoms with Crippen LogP contribution in [0.1, 0.15) is 5.56 Å². The van der Waals surface area contributed by atoms with E-state index in [4.69, 9.17) is 4.74 Å². The second-order valence-corrected chi connectivity index (χ2v) is 2.62. The molecule has 0 aliphatic heterocycles. The van der Waals surface area contributed by atoms with Crippen LogP contribution in [-0.2, 0) is 6.18 Å². The molecule has 0 aliphatic carbocycles. The van der Waals surface area contributed by atoms with Gasteiger partial charge in [-0.1, -0.05) is 12.7 Å². The molecule has 1 nitrogen and oxygen atoms in total. The van der Waals surface area contributed by atoms with Gasteiger partial charge in [0.1, 0.15) is 12.4 Å². The van der Waals surface area contributed by atoms with Crippen LogP contribution >= 0.6 is 0 Å². The molecule has 0 amide bonds. The number of ether oxygens (including phenoxy) is 1. The number of benzene rings is 1. The molecule has 76 valence electrons. The van der Waals surface area contributed by atoms with Crippen molar-refractivity contribution in [3.05, 3.63) is 42.5 Å². The van der Waals surface area contributed by atoms with Crippen molar-refractivity contribution in [3.63, 3.8) is 0 Å². The van der Waals surface area contributed by atoms with E-state index in [1.165, 1.54) is 18.2 Å². The highest BCUT2D eigenvalue weighted by atomic mass is 19.4. The molecule has 0 aliphatic rings. The van der Waals surface area contributed by atoms with Gasteiger partial charge in [-0.25, -0.2) is 0 Å². The Morgan fingerprint density at radius 2 is 1.79 bits per heavy atom. The van der Waals surface area contributed by atoms with E-state index >= 15 is 0 Å². The van der Waals surface area contributed by atoms with Gasteiger partial charge in [-0.05, 0) is 24.3 Å². The van der Waals surface area contributed by atoms with Gasteiger partial charge in [0, 0.05) is 0 Å². The van der Waals surface area contributed by atoms with E-state index in [0.29, 0.717) is 5.75 Å². The van der Waals surface area contributed by atoms with E-state index in [1.54, 1.807) is 0 Å². The van der Waals surface area contributed by atoms with Crippen LogP contribution in [0.4, 0.5) is 13.2 Å². The normalized spacial score (nSPS) is 11.1. The van der Waals surface area contributed by atoms with Gasteiger partial charge >= 0.3 is 6.18 Å². The molecule has 14 heavy (non-hydrogen) atoms. The second kappa shape index (κ2) is 4.17. The summed E-state index contributed by atoms with van der Waals surface area (Å²) in [6.45, 7) is 3.71. The fraction of sp³-hybridized carbons (Fsp3) is 0.200. The van der Waals surface area contributed by atoms with Crippen LogP contribution in [-0.4, -0.2) is 6.61 Å². The summed E-state index contributed by atoms with van der Waals surface area (Å²) in [5, 5.41) is 0. The van der Waals surface area contributed by atoms with Crippen molar-refractivity contribution in [2.24, 2.45) is 0 Å². The van der Waals surface area contributed by atoms with Crippen LogP contribution in [0.3, 0.4) is 0 Å². The van der Waals surface area contributed by atoms with Crippen molar-refractivity contribution in [1.29, 1.82) is 0 Å². The summed E-state index contributed by atoms with van der Waals surface area (Å²) in [6.07, 6.45) is -2.77. The lowest BCUT2D eigenvalue weighted by molar-refractivity contribution is -0.137. The van der Waals surface area contributed by atoms with E-state index in [0.717, 1.165) is 12.1 Å². The summed E-state index contributed by atoms with van der Waals surface area (Å²) in [6, 6.07) is 4.54. The van der Waals surface area contributed by atoms with Gasteiger partial charge in [0.15, 0.2) is 0 Å². The highest BCUT2D eigenvalue weighted by Crippen LogP contribution is 2.30. The molecule has 4 heteroatoms. The van der Waals surface area contributed by atoms with Gasteiger partial charge < -0.3 is 4.74 Å². The standard InChI is InChI=1S/C10H9F3O/c1-2-7-14-9-5-3-8(4-6-9)10(11,12)13/h2-6H,1,7H2. The molecule has 0 aromatic heterocycles. The van der Waals surface area contributed by atoms with E-state index in [9.17, 15) is 13.2 Å². The van der Waals surface area contributed by atoms with E-state index in [1.807, 2.05) is 0 Å². The van der Waals surface area contributed by atoms with Crippen molar-refractivity contribution in [3.8, 4) is 5.75 Å². The van der Waals surface area contributed by atoms with Gasteiger partial charge in [-0.3, -0.25) is 0 Å². The second-order valence-electron chi connectivity index (χ2n) is 2.62. The van der Waals surface area contributed by atoms with Gasteiger partial charge in [0.05, 0.1) is 5.56 Å². The predicted molar refractivity (Wildman–Crippen MR) is 47.1 cm³/mol. The minimum Gasteiger partial charge on any atom is -0.490 e. The van der Waals surface area contributed by atoms with E-state index in [-0.39, 0.29) is 6.61 Å². The Balaban J connectivity index is 2.73. The maximum absolute atomic E-state index is 12.1. The van der Waals surface area contributed by atoms with Crippen molar-refractivity contribution >= 4 is 0 Å². The molecule has 0 radical (unpaired) electrons. The quantitative estimate of drug-likeness (QED) is 0.683. The maximum Gasteiger partial charge on any atom is 0.416 e. The third-order valence-corrected chi connectivity index (χ3v) is 1.55. The van der Waals surface area contributed by atoms with Crippen LogP contribution in [0.25, 0.3) is 0 Å². The van der Waals surface area contributed by atoms with Gasteiger partial charge in [-0.2, -0.15) is 13.2 Å². The highest BCUT2D eigenvalue weighted by molar-refractivity contribution is 5.28. The van der Waals surface area contributed by atoms with Crippen LogP contribution in [0.2, 0.25) is 0 Å². The Morgan fingerprint density at radius 1 is 1.21 bits per heavy atom. The summed E-state index contributed by atoms with van der Waals surface area (Å²) in [4.78, 5) is 0. The Morgan fingerprint density at radius 3 is 2.21 bits per heavy atom. The van der Waals surface area contributed by atoms with Crippen LogP contribution in [0, 0.1) is 0 Å². The topological polar surface area (TPSA) is 9.23 Å². The zero-order valence-electron chi connectivity index (χ0n) is 7.34. The van der Waals surface area contributed by atoms with E-state index in [2.05, 4.69) is 6.58 Å². The lowest BCUT2D eigenvalue weighted by atomic mass is 10.2. The minimum absolute atomic E-state index is 0.283. The fourth-order valence-electron chi connectivity index (χ4n) is 0.895. The fourth-order valence-corrected chi connectivity index (χ4v) is 0.895. The molecule has 1 aromatic rings. The molecule has 0 heterocycles. The van der Waals surface area contributed by atoms with Crippen molar-refractivity contribution in [1.82, 2.24) is 0 Å². The lowest BCUT2D eigenvalue weighted by Gasteiger charge is -2.07. The molecule has 0 fully saturated rings. The third kappa shape index (κ3) is 2.80. The molecule has 1 rings (SSSR count). The molecule has 0 spiro atoms. The molecular weight excluding hydrogens is 193 g/mol. The Kier molecular flexibility index (Phi) is 3.17. The van der Waals surface area contributed by atoms with Crippen molar-refractivity contribution in [2.75, 3.05) is 6.61 Å². The Bertz CT molecular complexity index is 300.